The molecule has 0 unspecified atom stereocenters. The summed E-state index contributed by atoms with van der Waals surface area (Å²) in [5.74, 6) is -4.41. The van der Waals surface area contributed by atoms with Crippen LogP contribution >= 0.6 is 11.8 Å². The average Bonchev–Trinajstić information content (AvgIpc) is 3.08. The summed E-state index contributed by atoms with van der Waals surface area (Å²) in [6.07, 6.45) is -3.91. The van der Waals surface area contributed by atoms with Crippen molar-refractivity contribution < 1.29 is 35.9 Å². The number of carbonyl (C=O) groups is 1. The summed E-state index contributed by atoms with van der Waals surface area (Å²) in [7, 11) is 0. The minimum Gasteiger partial charge on any atom is -0.380 e. The lowest BCUT2D eigenvalue weighted by Crippen LogP contribution is -2.58. The Balaban J connectivity index is 1.67. The summed E-state index contributed by atoms with van der Waals surface area (Å²) in [6.45, 7) is 7.91. The van der Waals surface area contributed by atoms with Crippen molar-refractivity contribution in [1.29, 1.82) is 0 Å². The highest BCUT2D eigenvalue weighted by Gasteiger charge is 2.45. The van der Waals surface area contributed by atoms with Gasteiger partial charge < -0.3 is 14.5 Å². The van der Waals surface area contributed by atoms with Crippen molar-refractivity contribution in [2.24, 2.45) is 5.41 Å². The number of nitrogens with zero attached hydrogens (tertiary/aromatic N) is 4. The number of halogens is 6. The number of rotatable bonds is 3. The molecule has 4 heterocycles. The molecular weight excluding hydrogens is 598 g/mol. The van der Waals surface area contributed by atoms with Crippen molar-refractivity contribution in [3.63, 3.8) is 0 Å². The van der Waals surface area contributed by atoms with Gasteiger partial charge in [-0.05, 0) is 26.0 Å². The van der Waals surface area contributed by atoms with Gasteiger partial charge in [-0.1, -0.05) is 6.58 Å². The van der Waals surface area contributed by atoms with Gasteiger partial charge >= 0.3 is 11.9 Å². The summed E-state index contributed by atoms with van der Waals surface area (Å²) in [5, 5.41) is -0.0266. The second kappa shape index (κ2) is 10.3. The molecule has 6 rings (SSSR count). The van der Waals surface area contributed by atoms with E-state index < -0.39 is 63.5 Å². The quantitative estimate of drug-likeness (QED) is 0.294. The van der Waals surface area contributed by atoms with Crippen LogP contribution in [0.3, 0.4) is 0 Å². The standard InChI is InChI=1S/C29H26F6N4O3S/c1-4-21(40)39-14(2)8-37(9-15(39)3)26-17-7-18(29(33,34)35)22(23-19(31)5-16(30)6-20(23)32)25-24(17)38(27(41)36-26)10-28(13-43-25)11-42-12-28/h4-7,14-15H,1,8-13H2,2-3H3/t14-,15+. The number of aromatic nitrogens is 2. The monoisotopic (exact) mass is 624 g/mol. The first-order chi connectivity index (χ1) is 20.2. The van der Waals surface area contributed by atoms with E-state index in [2.05, 4.69) is 11.6 Å². The van der Waals surface area contributed by atoms with E-state index in [1.165, 1.54) is 10.6 Å². The van der Waals surface area contributed by atoms with Crippen molar-refractivity contribution in [2.45, 2.75) is 43.5 Å². The summed E-state index contributed by atoms with van der Waals surface area (Å²) in [5.41, 5.74) is -4.48. The third-order valence-corrected chi connectivity index (χ3v) is 9.68. The molecule has 3 aliphatic rings. The molecule has 3 aliphatic heterocycles. The van der Waals surface area contributed by atoms with Crippen molar-refractivity contribution in [2.75, 3.05) is 37.0 Å². The van der Waals surface area contributed by atoms with Crippen LogP contribution in [0, 0.1) is 22.9 Å². The molecule has 2 aromatic carbocycles. The van der Waals surface area contributed by atoms with Gasteiger partial charge in [-0.15, -0.1) is 11.8 Å². The molecule has 14 heteroatoms. The molecule has 0 bridgehead atoms. The summed E-state index contributed by atoms with van der Waals surface area (Å²) >= 11 is 0.953. The minimum atomic E-state index is -5.09. The fraction of sp³-hybridized carbons (Fsp3) is 0.414. The summed E-state index contributed by atoms with van der Waals surface area (Å²) < 4.78 is 95.4. The predicted octanol–water partition coefficient (Wildman–Crippen LogP) is 5.23. The molecule has 3 aromatic rings. The molecule has 0 N–H and O–H groups in total. The van der Waals surface area contributed by atoms with Crippen LogP contribution in [0.15, 0.2) is 40.5 Å². The van der Waals surface area contributed by atoms with Gasteiger partial charge in [-0.2, -0.15) is 18.2 Å². The smallest absolute Gasteiger partial charge is 0.380 e. The SMILES string of the molecule is C=CC(=O)N1[C@H](C)CN(c2nc(=O)n3c4c(c(-c5c(F)cc(F)cc5F)c(C(F)(F)F)cc24)SCC2(COC2)C3)C[C@@H]1C. The number of piperazine rings is 1. The summed E-state index contributed by atoms with van der Waals surface area (Å²) in [6, 6.07) is 0.613. The molecule has 0 radical (unpaired) electrons. The Kier molecular flexibility index (Phi) is 7.07. The Hall–Kier alpha value is -3.52. The van der Waals surface area contributed by atoms with Crippen LogP contribution in [0.1, 0.15) is 19.4 Å². The van der Waals surface area contributed by atoms with E-state index in [1.54, 1.807) is 23.6 Å². The molecular formula is C29H26F6N4O3S. The second-order valence-corrected chi connectivity index (χ2v) is 12.4. The number of benzene rings is 2. The Bertz CT molecular complexity index is 1700. The number of alkyl halides is 3. The number of hydrogen-bond donors (Lipinski definition) is 0. The van der Waals surface area contributed by atoms with Gasteiger partial charge in [-0.25, -0.2) is 18.0 Å². The van der Waals surface area contributed by atoms with E-state index in [1.807, 2.05) is 0 Å². The Labute approximate surface area is 246 Å². The molecule has 43 heavy (non-hydrogen) atoms. The average molecular weight is 625 g/mol. The zero-order valence-electron chi connectivity index (χ0n) is 23.1. The molecule has 1 amide bonds. The van der Waals surface area contributed by atoms with Crippen molar-refractivity contribution in [3.8, 4) is 11.1 Å². The van der Waals surface area contributed by atoms with Gasteiger partial charge in [0.25, 0.3) is 0 Å². The maximum Gasteiger partial charge on any atom is 0.417 e. The highest BCUT2D eigenvalue weighted by molar-refractivity contribution is 7.99. The molecule has 1 spiro atoms. The number of anilines is 1. The van der Waals surface area contributed by atoms with Gasteiger partial charge in [0.2, 0.25) is 5.91 Å². The van der Waals surface area contributed by atoms with Gasteiger partial charge in [0, 0.05) is 70.9 Å². The lowest BCUT2D eigenvalue weighted by molar-refractivity contribution is -0.137. The van der Waals surface area contributed by atoms with Crippen LogP contribution in [0.4, 0.5) is 32.2 Å². The zero-order chi connectivity index (χ0) is 31.0. The molecule has 2 fully saturated rings. The van der Waals surface area contributed by atoms with Crippen molar-refractivity contribution in [3.05, 3.63) is 64.4 Å². The highest BCUT2D eigenvalue weighted by atomic mass is 32.2. The van der Waals surface area contributed by atoms with E-state index in [9.17, 15) is 27.2 Å². The number of carbonyl (C=O) groups excluding carboxylic acids is 1. The number of ether oxygens (including phenoxy) is 1. The van der Waals surface area contributed by atoms with Crippen LogP contribution in [-0.4, -0.2) is 64.5 Å². The van der Waals surface area contributed by atoms with E-state index in [4.69, 9.17) is 4.74 Å². The van der Waals surface area contributed by atoms with Crippen LogP contribution in [0.2, 0.25) is 0 Å². The maximum atomic E-state index is 15.2. The first kappa shape index (κ1) is 29.5. The molecule has 228 valence electrons. The van der Waals surface area contributed by atoms with Crippen LogP contribution in [0.5, 0.6) is 0 Å². The third kappa shape index (κ3) is 4.78. The second-order valence-electron chi connectivity index (χ2n) is 11.4. The molecule has 0 aliphatic carbocycles. The van der Waals surface area contributed by atoms with Crippen molar-refractivity contribution >= 4 is 34.4 Å². The van der Waals surface area contributed by atoms with E-state index in [0.29, 0.717) is 12.1 Å². The molecule has 2 atom stereocenters. The van der Waals surface area contributed by atoms with Gasteiger partial charge in [-0.3, -0.25) is 9.36 Å². The third-order valence-electron chi connectivity index (χ3n) is 8.24. The number of thioether (sulfide) groups is 1. The van der Waals surface area contributed by atoms with Crippen molar-refractivity contribution in [1.82, 2.24) is 14.5 Å². The predicted molar refractivity (Wildman–Crippen MR) is 148 cm³/mol. The van der Waals surface area contributed by atoms with Crippen LogP contribution < -0.4 is 10.6 Å². The molecule has 2 saturated heterocycles. The lowest BCUT2D eigenvalue weighted by atomic mass is 9.88. The first-order valence-electron chi connectivity index (χ1n) is 13.5. The van der Waals surface area contributed by atoms with Gasteiger partial charge in [0.1, 0.15) is 23.3 Å². The van der Waals surface area contributed by atoms with Gasteiger partial charge in [0.15, 0.2) is 0 Å². The number of amides is 1. The molecule has 7 nitrogen and oxygen atoms in total. The fourth-order valence-electron chi connectivity index (χ4n) is 6.38. The minimum absolute atomic E-state index is 0.0266. The lowest BCUT2D eigenvalue weighted by Gasteiger charge is -2.44. The number of hydrogen-bond acceptors (Lipinski definition) is 6. The first-order valence-corrected chi connectivity index (χ1v) is 14.5. The zero-order valence-corrected chi connectivity index (χ0v) is 23.9. The topological polar surface area (TPSA) is 67.7 Å². The maximum absolute atomic E-state index is 15.2. The highest BCUT2D eigenvalue weighted by Crippen LogP contribution is 2.51. The van der Waals surface area contributed by atoms with Crippen LogP contribution in [-0.2, 0) is 22.3 Å². The van der Waals surface area contributed by atoms with Crippen LogP contribution in [0.25, 0.3) is 22.0 Å². The Morgan fingerprint density at radius 1 is 1.09 bits per heavy atom. The van der Waals surface area contributed by atoms with E-state index >= 15 is 8.78 Å². The molecule has 0 saturated carbocycles. The molecule has 1 aromatic heterocycles. The normalized spacial score (nSPS) is 21.6. The Morgan fingerprint density at radius 2 is 1.72 bits per heavy atom. The van der Waals surface area contributed by atoms with E-state index in [-0.39, 0.29) is 66.1 Å². The van der Waals surface area contributed by atoms with E-state index in [0.717, 1.165) is 17.8 Å². The Morgan fingerprint density at radius 3 is 2.26 bits per heavy atom. The summed E-state index contributed by atoms with van der Waals surface area (Å²) in [4.78, 5) is 33.5. The van der Waals surface area contributed by atoms with Gasteiger partial charge in [0.05, 0.1) is 29.9 Å². The fourth-order valence-corrected chi connectivity index (χ4v) is 7.80. The largest absolute Gasteiger partial charge is 0.417 e.